The van der Waals surface area contributed by atoms with Gasteiger partial charge in [-0.2, -0.15) is 5.10 Å². The Morgan fingerprint density at radius 3 is 2.91 bits per heavy atom. The number of aryl methyl sites for hydroxylation is 1. The summed E-state index contributed by atoms with van der Waals surface area (Å²) in [6.45, 7) is 2.32. The van der Waals surface area contributed by atoms with Crippen LogP contribution < -0.4 is 5.32 Å². The Kier molecular flexibility index (Phi) is 4.92. The number of nitrogens with zero attached hydrogens (tertiary/aromatic N) is 3. The molecule has 6 nitrogen and oxygen atoms in total. The summed E-state index contributed by atoms with van der Waals surface area (Å²) in [5, 5.41) is 7.04. The fourth-order valence-electron chi connectivity index (χ4n) is 2.76. The van der Waals surface area contributed by atoms with Crippen LogP contribution in [0.5, 0.6) is 0 Å². The summed E-state index contributed by atoms with van der Waals surface area (Å²) >= 11 is 0. The minimum Gasteiger partial charge on any atom is -0.374 e. The minimum atomic E-state index is -0.0461. The van der Waals surface area contributed by atoms with E-state index in [0.29, 0.717) is 26.2 Å². The Bertz CT molecular complexity index is 641. The lowest BCUT2D eigenvalue weighted by Gasteiger charge is -2.33. The van der Waals surface area contributed by atoms with E-state index in [1.807, 2.05) is 36.3 Å². The number of nitrogens with one attached hydrogen (secondary N) is 1. The van der Waals surface area contributed by atoms with Crippen LogP contribution in [0.4, 0.5) is 4.79 Å². The third-order valence-electron chi connectivity index (χ3n) is 3.93. The van der Waals surface area contributed by atoms with Gasteiger partial charge in [0, 0.05) is 44.9 Å². The van der Waals surface area contributed by atoms with E-state index >= 15 is 0 Å². The fourth-order valence-corrected chi connectivity index (χ4v) is 2.76. The van der Waals surface area contributed by atoms with Crippen molar-refractivity contribution in [2.45, 2.75) is 19.1 Å². The molecule has 1 N–H and O–H groups in total. The smallest absolute Gasteiger partial charge is 0.317 e. The SMILES string of the molecule is Cn1cc(CNC(=O)N2CCO[C@@H](Cc3ccccc3)C2)cn1. The Hall–Kier alpha value is -2.34. The van der Waals surface area contributed by atoms with Gasteiger partial charge >= 0.3 is 6.03 Å². The maximum Gasteiger partial charge on any atom is 0.317 e. The third-order valence-corrected chi connectivity index (χ3v) is 3.93. The summed E-state index contributed by atoms with van der Waals surface area (Å²) < 4.78 is 7.52. The molecule has 6 heteroatoms. The van der Waals surface area contributed by atoms with Crippen molar-refractivity contribution in [3.05, 3.63) is 53.9 Å². The summed E-state index contributed by atoms with van der Waals surface area (Å²) in [5.74, 6) is 0. The summed E-state index contributed by atoms with van der Waals surface area (Å²) in [6, 6.07) is 10.2. The topological polar surface area (TPSA) is 59.4 Å². The number of amides is 2. The van der Waals surface area contributed by atoms with Crippen LogP contribution in [-0.2, 0) is 24.8 Å². The summed E-state index contributed by atoms with van der Waals surface area (Å²) in [4.78, 5) is 14.1. The molecule has 1 aromatic carbocycles. The summed E-state index contributed by atoms with van der Waals surface area (Å²) in [6.07, 6.45) is 4.54. The van der Waals surface area contributed by atoms with Crippen molar-refractivity contribution in [2.24, 2.45) is 7.05 Å². The number of benzene rings is 1. The number of aromatic nitrogens is 2. The van der Waals surface area contributed by atoms with Gasteiger partial charge in [0.25, 0.3) is 0 Å². The number of urea groups is 1. The molecule has 0 bridgehead atoms. The Labute approximate surface area is 136 Å². The molecule has 122 valence electrons. The first-order valence-electron chi connectivity index (χ1n) is 7.86. The highest BCUT2D eigenvalue weighted by Crippen LogP contribution is 2.12. The Morgan fingerprint density at radius 1 is 1.35 bits per heavy atom. The van der Waals surface area contributed by atoms with E-state index in [9.17, 15) is 4.79 Å². The number of ether oxygens (including phenoxy) is 1. The van der Waals surface area contributed by atoms with Crippen molar-refractivity contribution in [3.63, 3.8) is 0 Å². The van der Waals surface area contributed by atoms with Crippen LogP contribution in [0.1, 0.15) is 11.1 Å². The van der Waals surface area contributed by atoms with Crippen LogP contribution in [0, 0.1) is 0 Å². The zero-order valence-corrected chi connectivity index (χ0v) is 13.3. The Morgan fingerprint density at radius 2 is 2.17 bits per heavy atom. The number of hydrogen-bond acceptors (Lipinski definition) is 3. The van der Waals surface area contributed by atoms with Gasteiger partial charge in [-0.3, -0.25) is 4.68 Å². The van der Waals surface area contributed by atoms with Crippen LogP contribution in [0.15, 0.2) is 42.7 Å². The molecule has 1 aliphatic rings. The van der Waals surface area contributed by atoms with E-state index in [1.165, 1.54) is 5.56 Å². The summed E-state index contributed by atoms with van der Waals surface area (Å²) in [5.41, 5.74) is 2.23. The molecule has 0 spiro atoms. The molecule has 3 rings (SSSR count). The highest BCUT2D eigenvalue weighted by Gasteiger charge is 2.24. The van der Waals surface area contributed by atoms with Gasteiger partial charge in [-0.05, 0) is 5.56 Å². The summed E-state index contributed by atoms with van der Waals surface area (Å²) in [7, 11) is 1.86. The largest absolute Gasteiger partial charge is 0.374 e. The zero-order chi connectivity index (χ0) is 16.1. The molecule has 2 aromatic rings. The number of carbonyl (C=O) groups excluding carboxylic acids is 1. The first kappa shape index (κ1) is 15.6. The van der Waals surface area contributed by atoms with Gasteiger partial charge in [-0.15, -0.1) is 0 Å². The number of carbonyl (C=O) groups is 1. The quantitative estimate of drug-likeness (QED) is 0.932. The lowest BCUT2D eigenvalue weighted by atomic mass is 10.1. The van der Waals surface area contributed by atoms with E-state index in [1.54, 1.807) is 10.9 Å². The maximum atomic E-state index is 12.3. The van der Waals surface area contributed by atoms with Crippen LogP contribution in [0.3, 0.4) is 0 Å². The number of morpholine rings is 1. The molecule has 1 aromatic heterocycles. The normalized spacial score (nSPS) is 18.0. The van der Waals surface area contributed by atoms with Gasteiger partial charge in [-0.1, -0.05) is 30.3 Å². The predicted octanol–water partition coefficient (Wildman–Crippen LogP) is 1.57. The molecule has 1 atom stereocenters. The second kappa shape index (κ2) is 7.28. The van der Waals surface area contributed by atoms with Crippen molar-refractivity contribution in [2.75, 3.05) is 19.7 Å². The van der Waals surface area contributed by atoms with E-state index in [0.717, 1.165) is 12.0 Å². The van der Waals surface area contributed by atoms with Crippen LogP contribution in [0.2, 0.25) is 0 Å². The monoisotopic (exact) mass is 314 g/mol. The van der Waals surface area contributed by atoms with Gasteiger partial charge in [0.2, 0.25) is 0 Å². The van der Waals surface area contributed by atoms with Crippen molar-refractivity contribution in [3.8, 4) is 0 Å². The standard InChI is InChI=1S/C17H22N4O2/c1-20-12-15(11-19-20)10-18-17(22)21-7-8-23-16(13-21)9-14-5-3-2-4-6-14/h2-6,11-12,16H,7-10,13H2,1H3,(H,18,22)/t16-/m0/s1. The van der Waals surface area contributed by atoms with E-state index in [2.05, 4.69) is 22.5 Å². The lowest BCUT2D eigenvalue weighted by Crippen LogP contribution is -2.50. The molecule has 1 saturated heterocycles. The van der Waals surface area contributed by atoms with Crippen molar-refractivity contribution >= 4 is 6.03 Å². The molecule has 23 heavy (non-hydrogen) atoms. The van der Waals surface area contributed by atoms with Gasteiger partial charge in [-0.25, -0.2) is 4.79 Å². The Balaban J connectivity index is 1.50. The second-order valence-electron chi connectivity index (χ2n) is 5.81. The minimum absolute atomic E-state index is 0.0461. The van der Waals surface area contributed by atoms with E-state index in [-0.39, 0.29) is 12.1 Å². The highest BCUT2D eigenvalue weighted by atomic mass is 16.5. The third kappa shape index (κ3) is 4.32. The average Bonchev–Trinajstić information content (AvgIpc) is 2.99. The second-order valence-corrected chi connectivity index (χ2v) is 5.81. The van der Waals surface area contributed by atoms with Gasteiger partial charge in [0.1, 0.15) is 0 Å². The van der Waals surface area contributed by atoms with Gasteiger partial charge < -0.3 is 15.0 Å². The molecule has 0 saturated carbocycles. The first-order chi connectivity index (χ1) is 11.2. The zero-order valence-electron chi connectivity index (χ0n) is 13.3. The predicted molar refractivity (Wildman–Crippen MR) is 86.9 cm³/mol. The number of hydrogen-bond donors (Lipinski definition) is 1. The molecular weight excluding hydrogens is 292 g/mol. The molecule has 2 heterocycles. The van der Waals surface area contributed by atoms with Gasteiger partial charge in [0.15, 0.2) is 0 Å². The van der Waals surface area contributed by atoms with Crippen molar-refractivity contribution in [1.82, 2.24) is 20.0 Å². The van der Waals surface area contributed by atoms with E-state index < -0.39 is 0 Å². The molecule has 0 aliphatic carbocycles. The molecule has 1 fully saturated rings. The molecule has 0 unspecified atom stereocenters. The van der Waals surface area contributed by atoms with Crippen LogP contribution in [0.25, 0.3) is 0 Å². The van der Waals surface area contributed by atoms with E-state index in [4.69, 9.17) is 4.74 Å². The highest BCUT2D eigenvalue weighted by molar-refractivity contribution is 5.74. The van der Waals surface area contributed by atoms with Crippen molar-refractivity contribution < 1.29 is 9.53 Å². The number of rotatable bonds is 4. The molecule has 1 aliphatic heterocycles. The van der Waals surface area contributed by atoms with Gasteiger partial charge in [0.05, 0.1) is 18.9 Å². The maximum absolute atomic E-state index is 12.3. The van der Waals surface area contributed by atoms with Crippen LogP contribution >= 0.6 is 0 Å². The molecule has 2 amide bonds. The molecule has 0 radical (unpaired) electrons. The fraction of sp³-hybridized carbons (Fsp3) is 0.412. The average molecular weight is 314 g/mol. The lowest BCUT2D eigenvalue weighted by molar-refractivity contribution is -0.0133. The molecular formula is C17H22N4O2. The first-order valence-corrected chi connectivity index (χ1v) is 7.86. The van der Waals surface area contributed by atoms with Crippen LogP contribution in [-0.4, -0.2) is 46.5 Å². The van der Waals surface area contributed by atoms with Crippen molar-refractivity contribution in [1.29, 1.82) is 0 Å².